The average molecular weight is 111 g/mol. The summed E-state index contributed by atoms with van der Waals surface area (Å²) in [6.07, 6.45) is 2.89. The molecule has 0 spiro atoms. The molecule has 0 N–H and O–H groups in total. The SMILES string of the molecule is CCC1CN2CCC12. The van der Waals surface area contributed by atoms with Gasteiger partial charge >= 0.3 is 0 Å². The van der Waals surface area contributed by atoms with Gasteiger partial charge in [-0.3, -0.25) is 4.90 Å². The molecule has 1 nitrogen and oxygen atoms in total. The Balaban J connectivity index is 1.89. The summed E-state index contributed by atoms with van der Waals surface area (Å²) >= 11 is 0. The van der Waals surface area contributed by atoms with Crippen LogP contribution in [0.25, 0.3) is 0 Å². The lowest BCUT2D eigenvalue weighted by molar-refractivity contribution is -0.0672. The van der Waals surface area contributed by atoms with E-state index in [1.807, 2.05) is 0 Å². The van der Waals surface area contributed by atoms with Crippen molar-refractivity contribution in [3.63, 3.8) is 0 Å². The molecule has 8 heavy (non-hydrogen) atoms. The molecule has 0 aliphatic carbocycles. The third-order valence-corrected chi connectivity index (χ3v) is 2.72. The molecule has 0 radical (unpaired) electrons. The van der Waals surface area contributed by atoms with Crippen LogP contribution in [-0.2, 0) is 0 Å². The van der Waals surface area contributed by atoms with Crippen LogP contribution in [-0.4, -0.2) is 24.0 Å². The van der Waals surface area contributed by atoms with E-state index in [1.165, 1.54) is 25.9 Å². The molecule has 2 fully saturated rings. The van der Waals surface area contributed by atoms with E-state index < -0.39 is 0 Å². The second kappa shape index (κ2) is 1.47. The molecule has 46 valence electrons. The lowest BCUT2D eigenvalue weighted by Gasteiger charge is -2.56. The van der Waals surface area contributed by atoms with Gasteiger partial charge < -0.3 is 0 Å². The summed E-state index contributed by atoms with van der Waals surface area (Å²) in [7, 11) is 0. The topological polar surface area (TPSA) is 3.24 Å². The van der Waals surface area contributed by atoms with Crippen LogP contribution in [0, 0.1) is 5.92 Å². The molecule has 0 aromatic carbocycles. The van der Waals surface area contributed by atoms with Gasteiger partial charge in [-0.05, 0) is 18.9 Å². The Hall–Kier alpha value is -0.0400. The van der Waals surface area contributed by atoms with E-state index in [1.54, 1.807) is 0 Å². The summed E-state index contributed by atoms with van der Waals surface area (Å²) in [6.45, 7) is 5.10. The molecule has 0 saturated carbocycles. The number of hydrogen-bond donors (Lipinski definition) is 0. The summed E-state index contributed by atoms with van der Waals surface area (Å²) in [5, 5.41) is 0. The summed E-state index contributed by atoms with van der Waals surface area (Å²) in [6, 6.07) is 1.03. The minimum atomic E-state index is 1.03. The van der Waals surface area contributed by atoms with Crippen LogP contribution in [0.1, 0.15) is 19.8 Å². The molecule has 2 unspecified atom stereocenters. The number of piperidine rings is 1. The molecule has 0 aromatic heterocycles. The number of nitrogens with zero attached hydrogens (tertiary/aromatic N) is 1. The molecule has 2 saturated heterocycles. The Morgan fingerprint density at radius 1 is 1.62 bits per heavy atom. The maximum Gasteiger partial charge on any atom is 0.0148 e. The predicted octanol–water partition coefficient (Wildman–Crippen LogP) is 1.10. The Bertz CT molecular complexity index is 98.6. The van der Waals surface area contributed by atoms with Crippen molar-refractivity contribution in [2.75, 3.05) is 13.1 Å². The molecule has 2 heterocycles. The van der Waals surface area contributed by atoms with Crippen LogP contribution in [0.15, 0.2) is 0 Å². The molecule has 0 aromatic rings. The fourth-order valence-electron chi connectivity index (χ4n) is 1.91. The summed E-state index contributed by atoms with van der Waals surface area (Å²) < 4.78 is 0. The Morgan fingerprint density at radius 2 is 2.50 bits per heavy atom. The molecule has 0 amide bonds. The standard InChI is InChI=1S/C7H13N/c1-2-6-5-8-4-3-7(6)8/h6-7H,2-5H2,1H3. The van der Waals surface area contributed by atoms with Crippen molar-refractivity contribution < 1.29 is 0 Å². The average Bonchev–Trinajstić information content (AvgIpc) is 1.76. The van der Waals surface area contributed by atoms with Crippen molar-refractivity contribution in [3.8, 4) is 0 Å². The van der Waals surface area contributed by atoms with Gasteiger partial charge in [0.05, 0.1) is 0 Å². The van der Waals surface area contributed by atoms with Gasteiger partial charge in [-0.15, -0.1) is 0 Å². The first-order chi connectivity index (χ1) is 3.92. The van der Waals surface area contributed by atoms with Gasteiger partial charge in [0.1, 0.15) is 0 Å². The van der Waals surface area contributed by atoms with Crippen LogP contribution < -0.4 is 0 Å². The van der Waals surface area contributed by atoms with E-state index in [0.717, 1.165) is 12.0 Å². The summed E-state index contributed by atoms with van der Waals surface area (Å²) in [5.74, 6) is 1.07. The molecular weight excluding hydrogens is 98.1 g/mol. The smallest absolute Gasteiger partial charge is 0.0148 e. The third kappa shape index (κ3) is 0.408. The van der Waals surface area contributed by atoms with Crippen molar-refractivity contribution in [2.45, 2.75) is 25.8 Å². The van der Waals surface area contributed by atoms with Crippen molar-refractivity contribution in [3.05, 3.63) is 0 Å². The van der Waals surface area contributed by atoms with E-state index in [0.29, 0.717) is 0 Å². The quantitative estimate of drug-likeness (QED) is 0.490. The molecule has 2 aliphatic heterocycles. The van der Waals surface area contributed by atoms with Crippen LogP contribution in [0.4, 0.5) is 0 Å². The first kappa shape index (κ1) is 4.80. The summed E-state index contributed by atoms with van der Waals surface area (Å²) in [4.78, 5) is 2.58. The lowest BCUT2D eigenvalue weighted by atomic mass is 9.78. The lowest BCUT2D eigenvalue weighted by Crippen LogP contribution is -2.64. The van der Waals surface area contributed by atoms with Crippen molar-refractivity contribution in [1.29, 1.82) is 0 Å². The highest BCUT2D eigenvalue weighted by atomic mass is 15.3. The monoisotopic (exact) mass is 111 g/mol. The first-order valence-electron chi connectivity index (χ1n) is 3.66. The fraction of sp³-hybridized carbons (Fsp3) is 1.00. The van der Waals surface area contributed by atoms with E-state index in [4.69, 9.17) is 0 Å². The van der Waals surface area contributed by atoms with Crippen molar-refractivity contribution >= 4 is 0 Å². The highest BCUT2D eigenvalue weighted by molar-refractivity contribution is 4.98. The van der Waals surface area contributed by atoms with Gasteiger partial charge in [-0.25, -0.2) is 0 Å². The number of hydrogen-bond acceptors (Lipinski definition) is 1. The fourth-order valence-corrected chi connectivity index (χ4v) is 1.91. The summed E-state index contributed by atoms with van der Waals surface area (Å²) in [5.41, 5.74) is 0. The van der Waals surface area contributed by atoms with Gasteiger partial charge in [0, 0.05) is 12.6 Å². The van der Waals surface area contributed by atoms with Crippen LogP contribution in [0.3, 0.4) is 0 Å². The zero-order chi connectivity index (χ0) is 5.56. The van der Waals surface area contributed by atoms with Gasteiger partial charge in [0.15, 0.2) is 0 Å². The Labute approximate surface area is 50.7 Å². The van der Waals surface area contributed by atoms with Crippen LogP contribution >= 0.6 is 0 Å². The maximum absolute atomic E-state index is 2.58. The number of rotatable bonds is 1. The van der Waals surface area contributed by atoms with E-state index in [9.17, 15) is 0 Å². The molecule has 2 rings (SSSR count). The van der Waals surface area contributed by atoms with Gasteiger partial charge in [0.25, 0.3) is 0 Å². The van der Waals surface area contributed by atoms with E-state index >= 15 is 0 Å². The highest BCUT2D eigenvalue weighted by Crippen LogP contribution is 2.36. The molecule has 1 heteroatoms. The van der Waals surface area contributed by atoms with E-state index in [-0.39, 0.29) is 0 Å². The van der Waals surface area contributed by atoms with Crippen molar-refractivity contribution in [2.24, 2.45) is 5.92 Å². The minimum absolute atomic E-state index is 1.03. The van der Waals surface area contributed by atoms with Crippen LogP contribution in [0.2, 0.25) is 0 Å². The Kier molecular flexibility index (Phi) is 0.884. The normalized spacial score (nSPS) is 44.6. The zero-order valence-corrected chi connectivity index (χ0v) is 5.43. The van der Waals surface area contributed by atoms with Gasteiger partial charge in [-0.2, -0.15) is 0 Å². The third-order valence-electron chi connectivity index (χ3n) is 2.72. The van der Waals surface area contributed by atoms with Crippen molar-refractivity contribution in [1.82, 2.24) is 4.90 Å². The maximum atomic E-state index is 2.58. The van der Waals surface area contributed by atoms with E-state index in [2.05, 4.69) is 11.8 Å². The van der Waals surface area contributed by atoms with Crippen LogP contribution in [0.5, 0.6) is 0 Å². The number of fused-ring (bicyclic) bond motifs is 1. The first-order valence-corrected chi connectivity index (χ1v) is 3.66. The Morgan fingerprint density at radius 3 is 2.62 bits per heavy atom. The second-order valence-corrected chi connectivity index (χ2v) is 3.02. The second-order valence-electron chi connectivity index (χ2n) is 3.02. The highest BCUT2D eigenvalue weighted by Gasteiger charge is 2.43. The molecular formula is C7H13N. The van der Waals surface area contributed by atoms with Gasteiger partial charge in [-0.1, -0.05) is 13.3 Å². The predicted molar refractivity (Wildman–Crippen MR) is 33.8 cm³/mol. The zero-order valence-electron chi connectivity index (χ0n) is 5.43. The molecule has 0 bridgehead atoms. The molecule has 2 aliphatic rings. The molecule has 2 atom stereocenters. The minimum Gasteiger partial charge on any atom is -0.300 e. The van der Waals surface area contributed by atoms with Gasteiger partial charge in [0.2, 0.25) is 0 Å². The largest absolute Gasteiger partial charge is 0.300 e.